The molecule has 3 aromatic heterocycles. The Hall–Kier alpha value is -2.16. The van der Waals surface area contributed by atoms with Crippen molar-refractivity contribution in [1.29, 1.82) is 0 Å². The highest BCUT2D eigenvalue weighted by atomic mass is 32.7. The zero-order chi connectivity index (χ0) is 31.1. The van der Waals surface area contributed by atoms with E-state index >= 15 is 4.39 Å². The Morgan fingerprint density at radius 2 is 1.80 bits per heavy atom. The SMILES string of the molecule is CN1C=NC(N)c2ncn([C@@H]3C[C@@H]4OP(=O)(S)O[C@H]5[C@@H](F)[C@H](n6cnc7c(N)ncnc76)O[C@@H]5COP(=O)(S)O[C@@H]3[C@@H]4O)c21. The molecule has 1 saturated carbocycles. The lowest BCUT2D eigenvalue weighted by Gasteiger charge is -2.30. The molecule has 3 aliphatic heterocycles. The van der Waals surface area contributed by atoms with Crippen LogP contribution in [-0.2, 0) is 32.0 Å². The summed E-state index contributed by atoms with van der Waals surface area (Å²) in [6.45, 7) is -9.24. The number of fused-ring (bicyclic) bond motifs is 5. The first-order valence-corrected chi connectivity index (χ1v) is 18.6. The molecule has 0 radical (unpaired) electrons. The molecule has 7 rings (SSSR count). The topological polar surface area (TPSA) is 230 Å². The molecule has 11 atom stereocenters. The molecule has 238 valence electrons. The van der Waals surface area contributed by atoms with Crippen molar-refractivity contribution in [2.45, 2.75) is 61.5 Å². The minimum atomic E-state index is -4.40. The number of alkyl halides is 1. The predicted molar refractivity (Wildman–Crippen MR) is 158 cm³/mol. The van der Waals surface area contributed by atoms with E-state index in [-0.39, 0.29) is 23.4 Å². The standard InChI is InChI=1S/C21H27FN10O8P2S2/c1-30-5-29-18(24)13-20(30)31(6-28-13)8-2-9-14(33)15(8)39-41(34,43)36-3-10-16(40-42(35,44)38-9)11(22)21(37-10)32-7-27-12-17(23)25-4-26-19(12)32/h4-11,14-16,18,21,33H,2-3,24H2,1H3,(H,34,43)(H,35,44)(H2,23,25,26)/t8-,9+,10-,11-,14-,15+,16-,18?,21-,41?,42?/m1/s1. The van der Waals surface area contributed by atoms with Gasteiger partial charge in [0.15, 0.2) is 23.9 Å². The summed E-state index contributed by atoms with van der Waals surface area (Å²) in [4.78, 5) is 22.3. The third-order valence-electron chi connectivity index (χ3n) is 7.85. The van der Waals surface area contributed by atoms with Gasteiger partial charge in [0.25, 0.3) is 0 Å². The lowest BCUT2D eigenvalue weighted by atomic mass is 10.1. The van der Waals surface area contributed by atoms with Crippen LogP contribution in [-0.4, -0.2) is 90.9 Å². The smallest absolute Gasteiger partial charge is 0.386 e. The highest BCUT2D eigenvalue weighted by molar-refractivity contribution is 8.44. The number of hydrogen-bond donors (Lipinski definition) is 5. The van der Waals surface area contributed by atoms with Gasteiger partial charge < -0.3 is 30.8 Å². The number of nitrogen functional groups attached to an aromatic ring is 1. The third-order valence-corrected chi connectivity index (χ3v) is 11.1. The average molecular weight is 693 g/mol. The molecule has 6 heterocycles. The van der Waals surface area contributed by atoms with E-state index in [2.05, 4.69) is 49.4 Å². The lowest BCUT2D eigenvalue weighted by molar-refractivity contribution is -0.0519. The number of ether oxygens (including phenoxy) is 1. The Balaban J connectivity index is 1.20. The summed E-state index contributed by atoms with van der Waals surface area (Å²) in [7, 11) is 1.72. The van der Waals surface area contributed by atoms with Gasteiger partial charge in [-0.05, 0) is 0 Å². The van der Waals surface area contributed by atoms with Crippen LogP contribution >= 0.6 is 38.1 Å². The first-order valence-electron chi connectivity index (χ1n) is 13.2. The minimum Gasteiger partial charge on any atom is -0.388 e. The molecule has 3 unspecified atom stereocenters. The molecule has 5 N–H and O–H groups in total. The normalized spacial score (nSPS) is 40.9. The zero-order valence-corrected chi connectivity index (χ0v) is 26.2. The van der Waals surface area contributed by atoms with Crippen molar-refractivity contribution in [3.63, 3.8) is 0 Å². The molecular weight excluding hydrogens is 665 g/mol. The number of aromatic nitrogens is 6. The second kappa shape index (κ2) is 11.0. The maximum absolute atomic E-state index is 16.1. The molecule has 0 spiro atoms. The van der Waals surface area contributed by atoms with Crippen molar-refractivity contribution in [1.82, 2.24) is 29.1 Å². The number of thiol groups is 2. The van der Waals surface area contributed by atoms with E-state index in [1.807, 2.05) is 0 Å². The Bertz CT molecular complexity index is 1730. The highest BCUT2D eigenvalue weighted by Crippen LogP contribution is 2.62. The third kappa shape index (κ3) is 5.17. The van der Waals surface area contributed by atoms with E-state index in [1.54, 1.807) is 16.5 Å². The summed E-state index contributed by atoms with van der Waals surface area (Å²) in [5.41, 5.74) is 12.8. The van der Waals surface area contributed by atoms with Crippen molar-refractivity contribution >= 4 is 67.2 Å². The van der Waals surface area contributed by atoms with Crippen LogP contribution in [0.2, 0.25) is 0 Å². The van der Waals surface area contributed by atoms with Gasteiger partial charge >= 0.3 is 13.6 Å². The summed E-state index contributed by atoms with van der Waals surface area (Å²) < 4.78 is 74.7. The van der Waals surface area contributed by atoms with Crippen molar-refractivity contribution in [3.05, 3.63) is 24.7 Å². The van der Waals surface area contributed by atoms with Gasteiger partial charge in [-0.3, -0.25) is 27.7 Å². The first kappa shape index (κ1) is 30.5. The minimum absolute atomic E-state index is 0.0367. The van der Waals surface area contributed by atoms with Gasteiger partial charge in [-0.2, -0.15) is 0 Å². The Labute approximate surface area is 258 Å². The molecule has 2 saturated heterocycles. The molecule has 18 nitrogen and oxygen atoms in total. The van der Waals surface area contributed by atoms with E-state index in [1.165, 1.54) is 29.9 Å². The van der Waals surface area contributed by atoms with Gasteiger partial charge in [0.2, 0.25) is 0 Å². The average Bonchev–Trinajstić information content (AvgIpc) is 3.72. The number of anilines is 2. The summed E-state index contributed by atoms with van der Waals surface area (Å²) in [5.74, 6) is 0.608. The fourth-order valence-corrected chi connectivity index (χ4v) is 9.22. The predicted octanol–water partition coefficient (Wildman–Crippen LogP) is 1.54. The zero-order valence-electron chi connectivity index (χ0n) is 22.6. The summed E-state index contributed by atoms with van der Waals surface area (Å²) in [6, 6.07) is -0.788. The van der Waals surface area contributed by atoms with E-state index in [4.69, 9.17) is 34.3 Å². The quantitative estimate of drug-likeness (QED) is 0.190. The number of nitrogens with two attached hydrogens (primary N) is 2. The molecule has 1 aliphatic carbocycles. The van der Waals surface area contributed by atoms with Gasteiger partial charge in [-0.15, -0.1) is 0 Å². The number of aliphatic imine (C=N–C) groups is 1. The maximum atomic E-state index is 16.1. The molecule has 23 heteroatoms. The van der Waals surface area contributed by atoms with Crippen LogP contribution in [0, 0.1) is 0 Å². The van der Waals surface area contributed by atoms with Crippen LogP contribution in [0.1, 0.15) is 30.6 Å². The second-order valence-corrected chi connectivity index (χ2v) is 16.3. The number of aliphatic hydroxyl groups excluding tert-OH is 1. The van der Waals surface area contributed by atoms with Gasteiger partial charge in [-0.25, -0.2) is 33.5 Å². The van der Waals surface area contributed by atoms with E-state index in [0.29, 0.717) is 11.5 Å². The molecule has 44 heavy (non-hydrogen) atoms. The van der Waals surface area contributed by atoms with Crippen LogP contribution in [0.3, 0.4) is 0 Å². The van der Waals surface area contributed by atoms with Crippen molar-refractivity contribution < 1.29 is 41.5 Å². The Kier molecular flexibility index (Phi) is 7.61. The number of imidazole rings is 2. The lowest BCUT2D eigenvalue weighted by Crippen LogP contribution is -2.37. The van der Waals surface area contributed by atoms with E-state index in [0.717, 1.165) is 0 Å². The number of nitrogens with zero attached hydrogens (tertiary/aromatic N) is 8. The van der Waals surface area contributed by atoms with Crippen LogP contribution in [0.15, 0.2) is 24.0 Å². The molecule has 2 bridgehead atoms. The van der Waals surface area contributed by atoms with Gasteiger partial charge in [0.1, 0.15) is 53.9 Å². The number of aliphatic hydroxyl groups is 1. The largest absolute Gasteiger partial charge is 0.388 e. The molecular formula is C21H27FN10O8P2S2. The number of rotatable bonds is 2. The van der Waals surface area contributed by atoms with Crippen LogP contribution in [0.5, 0.6) is 0 Å². The van der Waals surface area contributed by atoms with E-state index < -0.39 is 75.3 Å². The fraction of sp³-hybridized carbons (Fsp3) is 0.571. The monoisotopic (exact) mass is 692 g/mol. The molecule has 0 aromatic carbocycles. The van der Waals surface area contributed by atoms with E-state index in [9.17, 15) is 14.2 Å². The highest BCUT2D eigenvalue weighted by Gasteiger charge is 2.55. The van der Waals surface area contributed by atoms with Crippen LogP contribution in [0.25, 0.3) is 11.2 Å². The Morgan fingerprint density at radius 1 is 1.05 bits per heavy atom. The summed E-state index contributed by atoms with van der Waals surface area (Å²) in [5, 5.41) is 11.3. The van der Waals surface area contributed by atoms with Crippen molar-refractivity contribution in [2.24, 2.45) is 10.7 Å². The van der Waals surface area contributed by atoms with Crippen LogP contribution in [0.4, 0.5) is 16.0 Å². The van der Waals surface area contributed by atoms with Crippen molar-refractivity contribution in [2.75, 3.05) is 24.3 Å². The molecule has 0 amide bonds. The number of hydrogen-bond acceptors (Lipinski definition) is 16. The second-order valence-electron chi connectivity index (χ2n) is 10.6. The Morgan fingerprint density at radius 3 is 2.59 bits per heavy atom. The van der Waals surface area contributed by atoms with Crippen LogP contribution < -0.4 is 16.4 Å². The van der Waals surface area contributed by atoms with Gasteiger partial charge in [0.05, 0.1) is 37.7 Å². The van der Waals surface area contributed by atoms with Gasteiger partial charge in [-0.1, -0.05) is 24.5 Å². The molecule has 3 aromatic rings. The first-order chi connectivity index (χ1) is 20.8. The maximum Gasteiger partial charge on any atom is 0.386 e. The fourth-order valence-electron chi connectivity index (χ4n) is 5.88. The summed E-state index contributed by atoms with van der Waals surface area (Å²) in [6.07, 6.45) is -5.68. The number of halogens is 1. The van der Waals surface area contributed by atoms with Crippen molar-refractivity contribution in [3.8, 4) is 0 Å². The van der Waals surface area contributed by atoms with Gasteiger partial charge in [0, 0.05) is 13.5 Å². The summed E-state index contributed by atoms with van der Waals surface area (Å²) >= 11 is 8.23. The molecule has 3 fully saturated rings. The molecule has 4 aliphatic rings.